The number of fused-ring (bicyclic) bond motifs is 1. The van der Waals surface area contributed by atoms with E-state index in [2.05, 4.69) is 87.5 Å². The van der Waals surface area contributed by atoms with Crippen LogP contribution >= 0.6 is 23.4 Å². The molecule has 1 aliphatic carbocycles. The second-order valence-electron chi connectivity index (χ2n) is 17.1. The van der Waals surface area contributed by atoms with Gasteiger partial charge in [-0.3, -0.25) is 4.79 Å². The number of nitrogens with zero attached hydrogens (tertiary/aromatic N) is 1. The number of halogens is 1. The largest absolute Gasteiger partial charge is 0.481 e. The van der Waals surface area contributed by atoms with Crippen LogP contribution in [-0.4, -0.2) is 38.7 Å². The highest BCUT2D eigenvalue weighted by Crippen LogP contribution is 2.53. The van der Waals surface area contributed by atoms with Gasteiger partial charge in [0, 0.05) is 46.0 Å². The fourth-order valence-corrected chi connectivity index (χ4v) is 9.12. The van der Waals surface area contributed by atoms with Gasteiger partial charge in [0.2, 0.25) is 0 Å². The van der Waals surface area contributed by atoms with Crippen LogP contribution in [0.1, 0.15) is 111 Å². The zero-order valence-electron chi connectivity index (χ0n) is 34.7. The molecule has 1 heterocycles. The molecular weight excluding hydrogens is 758 g/mol. The second kappa shape index (κ2) is 20.6. The lowest BCUT2D eigenvalue weighted by Gasteiger charge is -2.24. The highest BCUT2D eigenvalue weighted by atomic mass is 35.5. The number of carbonyl (C=O) groups is 1. The number of hydrogen-bond donors (Lipinski definition) is 4. The van der Waals surface area contributed by atoms with Crippen molar-refractivity contribution >= 4 is 58.1 Å². The summed E-state index contributed by atoms with van der Waals surface area (Å²) in [4.78, 5) is 16.3. The van der Waals surface area contributed by atoms with Crippen LogP contribution in [0.15, 0.2) is 103 Å². The predicted octanol–water partition coefficient (Wildman–Crippen LogP) is 12.3. The van der Waals surface area contributed by atoms with Gasteiger partial charge in [-0.2, -0.15) is 11.8 Å². The molecule has 0 amide bonds. The van der Waals surface area contributed by atoms with Crippen LogP contribution in [0, 0.1) is 23.7 Å². The smallest absolute Gasteiger partial charge is 0.303 e. The SMILES string of the molecule is CC(C)CC(N)CC(=N)Cc1ccc(Cl)cc1.Cc1ccc2ccc(/C=C/c3cccc([C@@H](CCc4ccccc4C(C)(C)O)SCC4(CC(=O)O)CC4)c3)nc2c1. The van der Waals surface area contributed by atoms with Gasteiger partial charge in [0.1, 0.15) is 0 Å². The molecule has 6 rings (SSSR count). The zero-order chi connectivity index (χ0) is 41.9. The number of benzene rings is 4. The highest BCUT2D eigenvalue weighted by Gasteiger charge is 2.44. The monoisotopic (exact) mass is 817 g/mol. The maximum atomic E-state index is 11.5. The Morgan fingerprint density at radius 2 is 1.71 bits per heavy atom. The van der Waals surface area contributed by atoms with E-state index in [0.717, 1.165) is 81.7 Å². The van der Waals surface area contributed by atoms with Crippen LogP contribution in [0.2, 0.25) is 5.02 Å². The normalized spacial score (nSPS) is 14.6. The van der Waals surface area contributed by atoms with E-state index in [1.54, 1.807) is 0 Å². The summed E-state index contributed by atoms with van der Waals surface area (Å²) >= 11 is 7.70. The van der Waals surface area contributed by atoms with Crippen molar-refractivity contribution < 1.29 is 15.0 Å². The first-order valence-electron chi connectivity index (χ1n) is 20.4. The number of aromatic nitrogens is 1. The molecular formula is C50H60ClN3O3S. The predicted molar refractivity (Wildman–Crippen MR) is 246 cm³/mol. The molecule has 1 aliphatic rings. The molecule has 2 atom stereocenters. The molecule has 1 unspecified atom stereocenters. The molecule has 1 fully saturated rings. The van der Waals surface area contributed by atoms with E-state index in [4.69, 9.17) is 27.7 Å². The van der Waals surface area contributed by atoms with Gasteiger partial charge in [-0.15, -0.1) is 0 Å². The number of carboxylic acids is 1. The molecule has 0 radical (unpaired) electrons. The van der Waals surface area contributed by atoms with E-state index < -0.39 is 11.6 Å². The van der Waals surface area contributed by atoms with E-state index >= 15 is 0 Å². The van der Waals surface area contributed by atoms with Crippen LogP contribution in [0.5, 0.6) is 0 Å². The molecule has 0 spiro atoms. The van der Waals surface area contributed by atoms with Gasteiger partial charge in [0.25, 0.3) is 0 Å². The van der Waals surface area contributed by atoms with Crippen molar-refractivity contribution in [2.24, 2.45) is 17.1 Å². The molecule has 1 saturated carbocycles. The Labute approximate surface area is 354 Å². The lowest BCUT2D eigenvalue weighted by molar-refractivity contribution is -0.138. The lowest BCUT2D eigenvalue weighted by atomic mass is 9.90. The third kappa shape index (κ3) is 14.2. The van der Waals surface area contributed by atoms with Crippen LogP contribution in [-0.2, 0) is 23.2 Å². The average molecular weight is 819 g/mol. The van der Waals surface area contributed by atoms with Crippen molar-refractivity contribution in [1.29, 1.82) is 5.41 Å². The Morgan fingerprint density at radius 3 is 2.40 bits per heavy atom. The summed E-state index contributed by atoms with van der Waals surface area (Å²) in [5, 5.41) is 30.2. The van der Waals surface area contributed by atoms with Crippen LogP contribution in [0.4, 0.5) is 0 Å². The van der Waals surface area contributed by atoms with Gasteiger partial charge in [0.15, 0.2) is 0 Å². The summed E-state index contributed by atoms with van der Waals surface area (Å²) in [5.74, 6) is 0.731. The van der Waals surface area contributed by atoms with Crippen molar-refractivity contribution in [3.8, 4) is 0 Å². The standard InChI is InChI=1S/C36H39NO3S.C14H21ClN2/c1-25-11-13-28-14-17-30(37-32(28)21-25)16-12-26-7-6-9-29(22-26)33(41-24-36(19-20-36)23-34(38)39)18-15-27-8-4-5-10-31(27)35(2,3)40;1-10(2)7-13(16)9-14(17)8-11-3-5-12(15)6-4-11/h4-14,16-17,21-22,33,40H,15,18-20,23-24H2,1-3H3,(H,38,39);3-6,10,13,17H,7-9,16H2,1-2H3/b16-12+;/t33-;/m1./s1. The fraction of sp³-hybridized carbons (Fsp3) is 0.380. The van der Waals surface area contributed by atoms with Crippen molar-refractivity contribution in [2.45, 2.75) is 103 Å². The average Bonchev–Trinajstić information content (AvgIpc) is 3.92. The summed E-state index contributed by atoms with van der Waals surface area (Å²) < 4.78 is 0. The summed E-state index contributed by atoms with van der Waals surface area (Å²) in [5.41, 5.74) is 14.4. The molecule has 6 nitrogen and oxygen atoms in total. The number of thioether (sulfide) groups is 1. The number of rotatable bonds is 18. The van der Waals surface area contributed by atoms with Crippen molar-refractivity contribution in [1.82, 2.24) is 4.98 Å². The van der Waals surface area contributed by atoms with Gasteiger partial charge in [-0.25, -0.2) is 4.98 Å². The molecule has 4 aromatic carbocycles. The zero-order valence-corrected chi connectivity index (χ0v) is 36.3. The fourth-order valence-electron chi connectivity index (χ4n) is 7.42. The second-order valence-corrected chi connectivity index (χ2v) is 18.7. The Morgan fingerprint density at radius 1 is 0.983 bits per heavy atom. The summed E-state index contributed by atoms with van der Waals surface area (Å²) in [6.45, 7) is 10.1. The Balaban J connectivity index is 0.000000316. The topological polar surface area (TPSA) is 120 Å². The number of carboxylic acid groups (broad SMARTS) is 1. The van der Waals surface area contributed by atoms with Gasteiger partial charge < -0.3 is 21.4 Å². The Bertz CT molecular complexity index is 2170. The third-order valence-corrected chi connectivity index (χ3v) is 12.6. The molecule has 306 valence electrons. The molecule has 58 heavy (non-hydrogen) atoms. The number of aliphatic carboxylic acids is 1. The first kappa shape index (κ1) is 44.8. The maximum Gasteiger partial charge on any atom is 0.303 e. The molecule has 5 N–H and O–H groups in total. The number of nitrogens with two attached hydrogens (primary N) is 1. The van der Waals surface area contributed by atoms with Crippen LogP contribution in [0.25, 0.3) is 23.1 Å². The number of aryl methyl sites for hydroxylation is 2. The minimum Gasteiger partial charge on any atom is -0.481 e. The summed E-state index contributed by atoms with van der Waals surface area (Å²) in [6.07, 6.45) is 10.5. The number of nitrogens with one attached hydrogen (secondary N) is 1. The Kier molecular flexibility index (Phi) is 15.9. The minimum atomic E-state index is -0.904. The molecule has 0 aliphatic heterocycles. The van der Waals surface area contributed by atoms with Crippen molar-refractivity contribution in [2.75, 3.05) is 5.75 Å². The van der Waals surface area contributed by atoms with Gasteiger partial charge >= 0.3 is 5.97 Å². The first-order chi connectivity index (χ1) is 27.6. The molecule has 8 heteroatoms. The molecule has 0 bridgehead atoms. The molecule has 0 saturated heterocycles. The Hall–Kier alpha value is -4.27. The van der Waals surface area contributed by atoms with Crippen molar-refractivity contribution in [3.63, 3.8) is 0 Å². The van der Waals surface area contributed by atoms with E-state index in [1.165, 1.54) is 11.1 Å². The van der Waals surface area contributed by atoms with E-state index in [-0.39, 0.29) is 23.1 Å². The van der Waals surface area contributed by atoms with E-state index in [9.17, 15) is 15.0 Å². The van der Waals surface area contributed by atoms with E-state index in [0.29, 0.717) is 24.5 Å². The lowest BCUT2D eigenvalue weighted by Crippen LogP contribution is -2.25. The minimum absolute atomic E-state index is 0.0721. The van der Waals surface area contributed by atoms with Crippen molar-refractivity contribution in [3.05, 3.63) is 147 Å². The van der Waals surface area contributed by atoms with Gasteiger partial charge in [-0.05, 0) is 128 Å². The van der Waals surface area contributed by atoms with Gasteiger partial charge in [0.05, 0.1) is 23.2 Å². The first-order valence-corrected chi connectivity index (χ1v) is 21.9. The van der Waals surface area contributed by atoms with E-state index in [1.807, 2.05) is 74.1 Å². The number of hydrogen-bond acceptors (Lipinski definition) is 6. The number of aliphatic hydroxyl groups is 1. The molecule has 1 aromatic heterocycles. The number of pyridine rings is 1. The third-order valence-electron chi connectivity index (χ3n) is 10.6. The van der Waals surface area contributed by atoms with Crippen LogP contribution in [0.3, 0.4) is 0 Å². The van der Waals surface area contributed by atoms with Gasteiger partial charge in [-0.1, -0.05) is 110 Å². The quantitative estimate of drug-likeness (QED) is 0.0654. The molecule has 5 aromatic rings. The maximum absolute atomic E-state index is 11.5. The summed E-state index contributed by atoms with van der Waals surface area (Å²) in [6, 6.07) is 35.0. The van der Waals surface area contributed by atoms with Crippen LogP contribution < -0.4 is 5.73 Å². The summed E-state index contributed by atoms with van der Waals surface area (Å²) in [7, 11) is 0. The highest BCUT2D eigenvalue weighted by molar-refractivity contribution is 7.99.